The molecule has 1 heterocycles. The van der Waals surface area contributed by atoms with Crippen LogP contribution in [0.5, 0.6) is 0 Å². The zero-order chi connectivity index (χ0) is 14.5. The van der Waals surface area contributed by atoms with Gasteiger partial charge in [0, 0.05) is 12.1 Å². The molecule has 114 valence electrons. The van der Waals surface area contributed by atoms with Crippen molar-refractivity contribution in [2.24, 2.45) is 0 Å². The number of pyridine rings is 1. The highest BCUT2D eigenvalue weighted by Crippen LogP contribution is 2.22. The van der Waals surface area contributed by atoms with Gasteiger partial charge < -0.3 is 10.6 Å². The molecule has 0 spiro atoms. The number of rotatable bonds is 4. The molecule has 4 nitrogen and oxygen atoms in total. The molecular weight excluding hydrogens is 262 g/mol. The zero-order valence-corrected chi connectivity index (χ0v) is 12.6. The van der Waals surface area contributed by atoms with E-state index in [1.165, 1.54) is 44.9 Å². The normalized spacial score (nSPS) is 20.4. The zero-order valence-electron chi connectivity index (χ0n) is 12.6. The predicted octanol–water partition coefficient (Wildman–Crippen LogP) is 3.50. The lowest BCUT2D eigenvalue weighted by Crippen LogP contribution is -2.36. The van der Waals surface area contributed by atoms with Crippen LogP contribution in [0.1, 0.15) is 68.3 Å². The molecule has 0 bridgehead atoms. The second-order valence-corrected chi connectivity index (χ2v) is 6.37. The molecule has 2 saturated carbocycles. The molecular formula is C17H25N3O. The lowest BCUT2D eigenvalue weighted by Gasteiger charge is -2.22. The van der Waals surface area contributed by atoms with Crippen LogP contribution in [-0.4, -0.2) is 23.0 Å². The van der Waals surface area contributed by atoms with Gasteiger partial charge in [-0.3, -0.25) is 4.79 Å². The lowest BCUT2D eigenvalue weighted by molar-refractivity contribution is 0.0922. The molecule has 3 rings (SSSR count). The molecule has 1 amide bonds. The van der Waals surface area contributed by atoms with Crippen molar-refractivity contribution in [1.29, 1.82) is 0 Å². The fraction of sp³-hybridized carbons (Fsp3) is 0.647. The Morgan fingerprint density at radius 2 is 1.62 bits per heavy atom. The van der Waals surface area contributed by atoms with E-state index in [1.807, 2.05) is 12.1 Å². The number of amides is 1. The third kappa shape index (κ3) is 3.96. The van der Waals surface area contributed by atoms with E-state index in [2.05, 4.69) is 15.6 Å². The van der Waals surface area contributed by atoms with Gasteiger partial charge in [-0.05, 0) is 37.8 Å². The molecule has 4 heteroatoms. The van der Waals surface area contributed by atoms with Crippen LogP contribution < -0.4 is 10.6 Å². The first-order chi connectivity index (χ1) is 10.3. The summed E-state index contributed by atoms with van der Waals surface area (Å²) in [5.41, 5.74) is 1.55. The molecule has 2 aliphatic carbocycles. The van der Waals surface area contributed by atoms with Crippen molar-refractivity contribution in [2.45, 2.75) is 69.9 Å². The van der Waals surface area contributed by atoms with Gasteiger partial charge in [0.15, 0.2) is 0 Å². The summed E-state index contributed by atoms with van der Waals surface area (Å²) in [5, 5.41) is 6.60. The van der Waals surface area contributed by atoms with E-state index in [0.717, 1.165) is 18.5 Å². The number of nitrogens with one attached hydrogen (secondary N) is 2. The van der Waals surface area contributed by atoms with Gasteiger partial charge in [0.1, 0.15) is 5.69 Å². The maximum Gasteiger partial charge on any atom is 0.270 e. The highest BCUT2D eigenvalue weighted by Gasteiger charge is 2.18. The molecule has 0 unspecified atom stereocenters. The number of aromatic nitrogens is 1. The van der Waals surface area contributed by atoms with Gasteiger partial charge >= 0.3 is 0 Å². The minimum Gasteiger partial charge on any atom is -0.381 e. The van der Waals surface area contributed by atoms with Crippen LogP contribution >= 0.6 is 0 Å². The second kappa shape index (κ2) is 6.92. The maximum atomic E-state index is 12.2. The fourth-order valence-corrected chi connectivity index (χ4v) is 3.43. The van der Waals surface area contributed by atoms with Crippen molar-refractivity contribution >= 4 is 11.6 Å². The topological polar surface area (TPSA) is 54.0 Å². The minimum absolute atomic E-state index is 0.0330. The summed E-state index contributed by atoms with van der Waals surface area (Å²) in [6, 6.07) is 4.72. The first-order valence-electron chi connectivity index (χ1n) is 8.35. The van der Waals surface area contributed by atoms with Crippen molar-refractivity contribution in [3.05, 3.63) is 24.0 Å². The maximum absolute atomic E-state index is 12.2. The van der Waals surface area contributed by atoms with Crippen LogP contribution in [0.15, 0.2) is 18.3 Å². The van der Waals surface area contributed by atoms with Crippen LogP contribution in [0, 0.1) is 0 Å². The SMILES string of the molecule is O=C(NC1CCCCC1)c1ccc(NC2CCCC2)cn1. The Balaban J connectivity index is 1.53. The second-order valence-electron chi connectivity index (χ2n) is 6.37. The van der Waals surface area contributed by atoms with E-state index in [1.54, 1.807) is 6.20 Å². The van der Waals surface area contributed by atoms with E-state index in [4.69, 9.17) is 0 Å². The molecule has 0 saturated heterocycles. The van der Waals surface area contributed by atoms with Crippen LogP contribution in [0.3, 0.4) is 0 Å². The molecule has 0 aliphatic heterocycles. The number of carbonyl (C=O) groups is 1. The largest absolute Gasteiger partial charge is 0.381 e. The van der Waals surface area contributed by atoms with Gasteiger partial charge in [-0.1, -0.05) is 32.1 Å². The van der Waals surface area contributed by atoms with Crippen molar-refractivity contribution in [1.82, 2.24) is 10.3 Å². The van der Waals surface area contributed by atoms with E-state index in [-0.39, 0.29) is 5.91 Å². The number of nitrogens with zero attached hydrogens (tertiary/aromatic N) is 1. The molecule has 0 atom stereocenters. The summed E-state index contributed by atoms with van der Waals surface area (Å²) in [4.78, 5) is 16.5. The Hall–Kier alpha value is -1.58. The average Bonchev–Trinajstić information content (AvgIpc) is 3.02. The highest BCUT2D eigenvalue weighted by molar-refractivity contribution is 5.92. The van der Waals surface area contributed by atoms with Crippen LogP contribution in [0.25, 0.3) is 0 Å². The van der Waals surface area contributed by atoms with Crippen LogP contribution in [-0.2, 0) is 0 Å². The summed E-state index contributed by atoms with van der Waals surface area (Å²) in [5.74, 6) is -0.0330. The molecule has 0 radical (unpaired) electrons. The third-order valence-electron chi connectivity index (χ3n) is 4.66. The van der Waals surface area contributed by atoms with Gasteiger partial charge in [-0.25, -0.2) is 4.98 Å². The average molecular weight is 287 g/mol. The summed E-state index contributed by atoms with van der Waals surface area (Å²) in [6.45, 7) is 0. The molecule has 1 aromatic heterocycles. The summed E-state index contributed by atoms with van der Waals surface area (Å²) < 4.78 is 0. The van der Waals surface area contributed by atoms with Crippen molar-refractivity contribution in [3.63, 3.8) is 0 Å². The molecule has 2 fully saturated rings. The molecule has 2 N–H and O–H groups in total. The van der Waals surface area contributed by atoms with Gasteiger partial charge in [-0.2, -0.15) is 0 Å². The smallest absolute Gasteiger partial charge is 0.270 e. The van der Waals surface area contributed by atoms with E-state index in [9.17, 15) is 4.79 Å². The highest BCUT2D eigenvalue weighted by atomic mass is 16.1. The number of carbonyl (C=O) groups excluding carboxylic acids is 1. The van der Waals surface area contributed by atoms with Crippen molar-refractivity contribution < 1.29 is 4.79 Å². The first kappa shape index (κ1) is 14.4. The van der Waals surface area contributed by atoms with Crippen LogP contribution in [0.2, 0.25) is 0 Å². The molecule has 1 aromatic rings. The Bertz CT molecular complexity index is 459. The third-order valence-corrected chi connectivity index (χ3v) is 4.66. The lowest BCUT2D eigenvalue weighted by atomic mass is 9.95. The molecule has 0 aromatic carbocycles. The number of anilines is 1. The fourth-order valence-electron chi connectivity index (χ4n) is 3.43. The van der Waals surface area contributed by atoms with E-state index in [0.29, 0.717) is 17.8 Å². The quantitative estimate of drug-likeness (QED) is 0.891. The first-order valence-corrected chi connectivity index (χ1v) is 8.35. The number of hydrogen-bond donors (Lipinski definition) is 2. The van der Waals surface area contributed by atoms with Crippen molar-refractivity contribution in [3.8, 4) is 0 Å². The summed E-state index contributed by atoms with van der Waals surface area (Å²) in [6.07, 6.45) is 12.8. The molecule has 2 aliphatic rings. The predicted molar refractivity (Wildman–Crippen MR) is 84.5 cm³/mol. The summed E-state index contributed by atoms with van der Waals surface area (Å²) >= 11 is 0. The van der Waals surface area contributed by atoms with Gasteiger partial charge in [0.25, 0.3) is 5.91 Å². The monoisotopic (exact) mass is 287 g/mol. The Labute approximate surface area is 126 Å². The van der Waals surface area contributed by atoms with Gasteiger partial charge in [0.2, 0.25) is 0 Å². The van der Waals surface area contributed by atoms with Gasteiger partial charge in [-0.15, -0.1) is 0 Å². The Morgan fingerprint density at radius 1 is 0.952 bits per heavy atom. The van der Waals surface area contributed by atoms with Gasteiger partial charge in [0.05, 0.1) is 11.9 Å². The van der Waals surface area contributed by atoms with E-state index >= 15 is 0 Å². The Morgan fingerprint density at radius 3 is 2.29 bits per heavy atom. The van der Waals surface area contributed by atoms with Crippen molar-refractivity contribution in [2.75, 3.05) is 5.32 Å². The van der Waals surface area contributed by atoms with E-state index < -0.39 is 0 Å². The standard InChI is InChI=1S/C17H25N3O/c21-17(20-14-6-2-1-3-7-14)16-11-10-15(12-18-16)19-13-8-4-5-9-13/h10-14,19H,1-9H2,(H,20,21). The minimum atomic E-state index is -0.0330. The summed E-state index contributed by atoms with van der Waals surface area (Å²) in [7, 11) is 0. The number of hydrogen-bond acceptors (Lipinski definition) is 3. The van der Waals surface area contributed by atoms with Crippen LogP contribution in [0.4, 0.5) is 5.69 Å². The Kier molecular flexibility index (Phi) is 4.73. The molecule has 21 heavy (non-hydrogen) atoms.